The van der Waals surface area contributed by atoms with Crippen molar-refractivity contribution in [3.8, 4) is 11.5 Å². The summed E-state index contributed by atoms with van der Waals surface area (Å²) in [4.78, 5) is 0. The molecule has 0 unspecified atom stereocenters. The van der Waals surface area contributed by atoms with E-state index < -0.39 is 11.9 Å². The Balaban J connectivity index is 2.38. The largest absolute Gasteiger partial charge is 0.497 e. The molecule has 0 aliphatic heterocycles. The summed E-state index contributed by atoms with van der Waals surface area (Å²) < 4.78 is 24.1. The van der Waals surface area contributed by atoms with Crippen molar-refractivity contribution >= 4 is 0 Å². The van der Waals surface area contributed by atoms with Gasteiger partial charge in [0.1, 0.15) is 23.4 Å². The monoisotopic (exact) mass is 276 g/mol. The van der Waals surface area contributed by atoms with E-state index in [4.69, 9.17) is 9.47 Å². The van der Waals surface area contributed by atoms with Crippen LogP contribution in [0.1, 0.15) is 22.8 Å². The van der Waals surface area contributed by atoms with Crippen LogP contribution in [-0.2, 0) is 0 Å². The lowest BCUT2D eigenvalue weighted by atomic mass is 9.97. The Morgan fingerprint density at radius 3 is 2.00 bits per heavy atom. The third-order valence-electron chi connectivity index (χ3n) is 3.27. The minimum atomic E-state index is -1.02. The molecular formula is C16H17FO3. The first-order valence-corrected chi connectivity index (χ1v) is 6.23. The summed E-state index contributed by atoms with van der Waals surface area (Å²) in [5.74, 6) is 0.630. The van der Waals surface area contributed by atoms with Crippen LogP contribution in [0.5, 0.6) is 11.5 Å². The Bertz CT molecular complexity index is 557. The maximum Gasteiger partial charge on any atom is 0.133 e. The standard InChI is InChI=1S/C16H17FO3/c1-10-8-11(19-2)4-6-13(10)16(18)14-7-5-12(20-3)9-15(14)17/h4-9,16,18H,1-3H3/t16-/m0/s1. The fraction of sp³-hybridized carbons (Fsp3) is 0.250. The van der Waals surface area contributed by atoms with Gasteiger partial charge < -0.3 is 14.6 Å². The molecule has 0 saturated carbocycles. The molecule has 4 heteroatoms. The number of hydrogen-bond donors (Lipinski definition) is 1. The summed E-state index contributed by atoms with van der Waals surface area (Å²) in [5.41, 5.74) is 1.71. The number of methoxy groups -OCH3 is 2. The van der Waals surface area contributed by atoms with Gasteiger partial charge in [-0.3, -0.25) is 0 Å². The Kier molecular flexibility index (Phi) is 4.25. The van der Waals surface area contributed by atoms with Crippen LogP contribution in [0.25, 0.3) is 0 Å². The molecule has 106 valence electrons. The third kappa shape index (κ3) is 2.75. The molecule has 2 aromatic carbocycles. The zero-order chi connectivity index (χ0) is 14.7. The van der Waals surface area contributed by atoms with Gasteiger partial charge in [0.15, 0.2) is 0 Å². The van der Waals surface area contributed by atoms with Crippen molar-refractivity contribution in [2.24, 2.45) is 0 Å². The van der Waals surface area contributed by atoms with E-state index in [1.54, 1.807) is 31.4 Å². The van der Waals surface area contributed by atoms with Gasteiger partial charge >= 0.3 is 0 Å². The van der Waals surface area contributed by atoms with E-state index in [0.29, 0.717) is 17.1 Å². The molecule has 0 aliphatic carbocycles. The maximum atomic E-state index is 14.0. The second kappa shape index (κ2) is 5.92. The van der Waals surface area contributed by atoms with Crippen LogP contribution in [0.3, 0.4) is 0 Å². The van der Waals surface area contributed by atoms with Gasteiger partial charge in [-0.2, -0.15) is 0 Å². The molecule has 0 aliphatic rings. The smallest absolute Gasteiger partial charge is 0.133 e. The van der Waals surface area contributed by atoms with Crippen molar-refractivity contribution in [3.05, 3.63) is 58.9 Å². The Labute approximate surface area is 117 Å². The summed E-state index contributed by atoms with van der Waals surface area (Å²) in [5, 5.41) is 10.4. The molecule has 0 saturated heterocycles. The zero-order valence-electron chi connectivity index (χ0n) is 11.7. The van der Waals surface area contributed by atoms with Crippen LogP contribution in [0.2, 0.25) is 0 Å². The number of aliphatic hydroxyl groups excluding tert-OH is 1. The summed E-state index contributed by atoms with van der Waals surface area (Å²) in [6.45, 7) is 1.85. The van der Waals surface area contributed by atoms with Gasteiger partial charge in [0.2, 0.25) is 0 Å². The first kappa shape index (κ1) is 14.3. The third-order valence-corrected chi connectivity index (χ3v) is 3.27. The van der Waals surface area contributed by atoms with E-state index in [-0.39, 0.29) is 5.56 Å². The van der Waals surface area contributed by atoms with E-state index in [1.165, 1.54) is 19.2 Å². The number of benzene rings is 2. The molecule has 0 bridgehead atoms. The van der Waals surface area contributed by atoms with Gasteiger partial charge in [0, 0.05) is 11.6 Å². The van der Waals surface area contributed by atoms with E-state index in [2.05, 4.69) is 0 Å². The lowest BCUT2D eigenvalue weighted by Gasteiger charge is -2.16. The number of aryl methyl sites for hydroxylation is 1. The average molecular weight is 276 g/mol. The molecule has 0 radical (unpaired) electrons. The molecule has 0 fully saturated rings. The normalized spacial score (nSPS) is 12.1. The van der Waals surface area contributed by atoms with Gasteiger partial charge in [-0.05, 0) is 42.3 Å². The lowest BCUT2D eigenvalue weighted by molar-refractivity contribution is 0.214. The zero-order valence-corrected chi connectivity index (χ0v) is 11.7. The fourth-order valence-electron chi connectivity index (χ4n) is 2.11. The van der Waals surface area contributed by atoms with Crippen LogP contribution < -0.4 is 9.47 Å². The second-order valence-corrected chi connectivity index (χ2v) is 4.51. The topological polar surface area (TPSA) is 38.7 Å². The Morgan fingerprint density at radius 1 is 0.950 bits per heavy atom. The van der Waals surface area contributed by atoms with Gasteiger partial charge in [-0.1, -0.05) is 6.07 Å². The molecular weight excluding hydrogens is 259 g/mol. The molecule has 0 spiro atoms. The van der Waals surface area contributed by atoms with Crippen molar-refractivity contribution in [3.63, 3.8) is 0 Å². The highest BCUT2D eigenvalue weighted by Crippen LogP contribution is 2.30. The van der Waals surface area contributed by atoms with Gasteiger partial charge in [0.05, 0.1) is 14.2 Å². The molecule has 2 rings (SSSR count). The van der Waals surface area contributed by atoms with Crippen molar-refractivity contribution in [2.45, 2.75) is 13.0 Å². The number of ether oxygens (including phenoxy) is 2. The Hall–Kier alpha value is -2.07. The fourth-order valence-corrected chi connectivity index (χ4v) is 2.11. The quantitative estimate of drug-likeness (QED) is 0.931. The highest BCUT2D eigenvalue weighted by molar-refractivity contribution is 5.41. The predicted molar refractivity (Wildman–Crippen MR) is 74.7 cm³/mol. The van der Waals surface area contributed by atoms with E-state index in [0.717, 1.165) is 5.56 Å². The predicted octanol–water partition coefficient (Wildman–Crippen LogP) is 3.23. The van der Waals surface area contributed by atoms with Crippen molar-refractivity contribution < 1.29 is 19.0 Å². The van der Waals surface area contributed by atoms with Crippen molar-refractivity contribution in [1.29, 1.82) is 0 Å². The molecule has 1 atom stereocenters. The second-order valence-electron chi connectivity index (χ2n) is 4.51. The van der Waals surface area contributed by atoms with Crippen LogP contribution >= 0.6 is 0 Å². The summed E-state index contributed by atoms with van der Waals surface area (Å²) in [6.07, 6.45) is -1.02. The Morgan fingerprint density at radius 2 is 1.50 bits per heavy atom. The van der Waals surface area contributed by atoms with Crippen LogP contribution in [0, 0.1) is 12.7 Å². The molecule has 3 nitrogen and oxygen atoms in total. The van der Waals surface area contributed by atoms with Crippen LogP contribution in [-0.4, -0.2) is 19.3 Å². The van der Waals surface area contributed by atoms with Crippen molar-refractivity contribution in [1.82, 2.24) is 0 Å². The first-order valence-electron chi connectivity index (χ1n) is 6.23. The van der Waals surface area contributed by atoms with Crippen LogP contribution in [0.4, 0.5) is 4.39 Å². The summed E-state index contributed by atoms with van der Waals surface area (Å²) in [7, 11) is 3.05. The van der Waals surface area contributed by atoms with Gasteiger partial charge in [-0.15, -0.1) is 0 Å². The molecule has 0 amide bonds. The summed E-state index contributed by atoms with van der Waals surface area (Å²) in [6, 6.07) is 9.70. The minimum Gasteiger partial charge on any atom is -0.497 e. The lowest BCUT2D eigenvalue weighted by Crippen LogP contribution is -2.05. The minimum absolute atomic E-state index is 0.221. The van der Waals surface area contributed by atoms with E-state index in [1.807, 2.05) is 6.92 Å². The highest BCUT2D eigenvalue weighted by atomic mass is 19.1. The van der Waals surface area contributed by atoms with E-state index >= 15 is 0 Å². The first-order chi connectivity index (χ1) is 9.56. The molecule has 20 heavy (non-hydrogen) atoms. The maximum absolute atomic E-state index is 14.0. The van der Waals surface area contributed by atoms with E-state index in [9.17, 15) is 9.50 Å². The SMILES string of the molecule is COc1ccc([C@H](O)c2ccc(OC)cc2F)c(C)c1. The summed E-state index contributed by atoms with van der Waals surface area (Å²) >= 11 is 0. The number of hydrogen-bond acceptors (Lipinski definition) is 3. The molecule has 1 N–H and O–H groups in total. The van der Waals surface area contributed by atoms with Gasteiger partial charge in [-0.25, -0.2) is 4.39 Å². The highest BCUT2D eigenvalue weighted by Gasteiger charge is 2.17. The molecule has 0 heterocycles. The number of halogens is 1. The number of aliphatic hydroxyl groups is 1. The molecule has 2 aromatic rings. The molecule has 0 aromatic heterocycles. The average Bonchev–Trinajstić information content (AvgIpc) is 2.46. The van der Waals surface area contributed by atoms with Crippen molar-refractivity contribution in [2.75, 3.05) is 14.2 Å². The van der Waals surface area contributed by atoms with Gasteiger partial charge in [0.25, 0.3) is 0 Å². The van der Waals surface area contributed by atoms with Crippen LogP contribution in [0.15, 0.2) is 36.4 Å². The number of rotatable bonds is 4.